The molecule has 1 aromatic carbocycles. The SMILES string of the molecule is CC(O)C(C)c1nc(C2(c3ccccc3)CC2)no1. The summed E-state index contributed by atoms with van der Waals surface area (Å²) in [5.41, 5.74) is 1.17. The van der Waals surface area contributed by atoms with Crippen LogP contribution in [0.15, 0.2) is 34.9 Å². The van der Waals surface area contributed by atoms with Gasteiger partial charge in [0.05, 0.1) is 17.4 Å². The van der Waals surface area contributed by atoms with Gasteiger partial charge in [0.2, 0.25) is 5.89 Å². The van der Waals surface area contributed by atoms with Gasteiger partial charge in [-0.25, -0.2) is 0 Å². The van der Waals surface area contributed by atoms with E-state index < -0.39 is 6.10 Å². The summed E-state index contributed by atoms with van der Waals surface area (Å²) in [6.45, 7) is 3.63. The van der Waals surface area contributed by atoms with E-state index in [1.807, 2.05) is 25.1 Å². The van der Waals surface area contributed by atoms with Crippen LogP contribution in [0, 0.1) is 0 Å². The molecule has 1 aliphatic carbocycles. The monoisotopic (exact) mass is 258 g/mol. The first-order valence-electron chi connectivity index (χ1n) is 6.71. The molecule has 1 N–H and O–H groups in total. The van der Waals surface area contributed by atoms with E-state index in [1.165, 1.54) is 5.56 Å². The van der Waals surface area contributed by atoms with Crippen LogP contribution in [-0.4, -0.2) is 21.4 Å². The number of benzene rings is 1. The van der Waals surface area contributed by atoms with Crippen LogP contribution in [0.1, 0.15) is 49.9 Å². The van der Waals surface area contributed by atoms with Crippen molar-refractivity contribution in [2.45, 2.75) is 44.1 Å². The molecule has 2 unspecified atom stereocenters. The van der Waals surface area contributed by atoms with Gasteiger partial charge in [-0.05, 0) is 25.3 Å². The van der Waals surface area contributed by atoms with Gasteiger partial charge in [0.1, 0.15) is 0 Å². The molecule has 0 aliphatic heterocycles. The minimum atomic E-state index is -0.486. The summed E-state index contributed by atoms with van der Waals surface area (Å²) < 4.78 is 5.31. The molecule has 2 atom stereocenters. The fraction of sp³-hybridized carbons (Fsp3) is 0.467. The highest BCUT2D eigenvalue weighted by Gasteiger charge is 2.50. The predicted molar refractivity (Wildman–Crippen MR) is 70.8 cm³/mol. The second-order valence-electron chi connectivity index (χ2n) is 5.43. The molecule has 0 bridgehead atoms. The Morgan fingerprint density at radius 3 is 2.47 bits per heavy atom. The average Bonchev–Trinajstić information content (AvgIpc) is 3.10. The zero-order chi connectivity index (χ0) is 13.5. The van der Waals surface area contributed by atoms with Gasteiger partial charge >= 0.3 is 0 Å². The Morgan fingerprint density at radius 1 is 1.21 bits per heavy atom. The molecule has 0 spiro atoms. The van der Waals surface area contributed by atoms with Gasteiger partial charge in [-0.15, -0.1) is 0 Å². The van der Waals surface area contributed by atoms with Gasteiger partial charge in [0.15, 0.2) is 5.82 Å². The molecule has 0 radical (unpaired) electrons. The first-order valence-corrected chi connectivity index (χ1v) is 6.71. The van der Waals surface area contributed by atoms with Crippen molar-refractivity contribution < 1.29 is 9.63 Å². The fourth-order valence-electron chi connectivity index (χ4n) is 2.34. The number of aromatic nitrogens is 2. The number of rotatable bonds is 4. The van der Waals surface area contributed by atoms with Crippen molar-refractivity contribution in [3.63, 3.8) is 0 Å². The lowest BCUT2D eigenvalue weighted by atomic mass is 9.95. The Morgan fingerprint density at radius 2 is 1.89 bits per heavy atom. The van der Waals surface area contributed by atoms with Crippen LogP contribution in [0.25, 0.3) is 0 Å². The molecule has 100 valence electrons. The molecule has 1 saturated carbocycles. The molecule has 0 saturated heterocycles. The zero-order valence-electron chi connectivity index (χ0n) is 11.2. The predicted octanol–water partition coefficient (Wildman–Crippen LogP) is 2.63. The lowest BCUT2D eigenvalue weighted by Crippen LogP contribution is -2.13. The van der Waals surface area contributed by atoms with Crippen LogP contribution in [0.5, 0.6) is 0 Å². The lowest BCUT2D eigenvalue weighted by Gasteiger charge is -2.11. The minimum absolute atomic E-state index is 0.0680. The summed E-state index contributed by atoms with van der Waals surface area (Å²) in [6, 6.07) is 10.3. The van der Waals surface area contributed by atoms with Crippen LogP contribution in [0.4, 0.5) is 0 Å². The van der Waals surface area contributed by atoms with Crippen LogP contribution < -0.4 is 0 Å². The van der Waals surface area contributed by atoms with E-state index in [9.17, 15) is 5.11 Å². The van der Waals surface area contributed by atoms with Crippen molar-refractivity contribution in [3.05, 3.63) is 47.6 Å². The van der Waals surface area contributed by atoms with E-state index in [2.05, 4.69) is 22.3 Å². The van der Waals surface area contributed by atoms with E-state index in [0.29, 0.717) is 5.89 Å². The Bertz CT molecular complexity index is 559. The molecule has 19 heavy (non-hydrogen) atoms. The fourth-order valence-corrected chi connectivity index (χ4v) is 2.34. The Kier molecular flexibility index (Phi) is 2.90. The van der Waals surface area contributed by atoms with Crippen LogP contribution >= 0.6 is 0 Å². The van der Waals surface area contributed by atoms with E-state index in [1.54, 1.807) is 6.92 Å². The minimum Gasteiger partial charge on any atom is -0.393 e. The molecule has 1 fully saturated rings. The summed E-state index contributed by atoms with van der Waals surface area (Å²) in [4.78, 5) is 4.50. The number of hydrogen-bond acceptors (Lipinski definition) is 4. The highest BCUT2D eigenvalue weighted by Crippen LogP contribution is 2.52. The van der Waals surface area contributed by atoms with Crippen LogP contribution in [0.3, 0.4) is 0 Å². The van der Waals surface area contributed by atoms with Crippen molar-refractivity contribution in [2.75, 3.05) is 0 Å². The lowest BCUT2D eigenvalue weighted by molar-refractivity contribution is 0.151. The standard InChI is InChI=1S/C15H18N2O2/c1-10(11(2)18)13-16-14(17-19-13)15(8-9-15)12-6-4-3-5-7-12/h3-7,10-11,18H,8-9H2,1-2H3. The molecule has 2 aromatic rings. The smallest absolute Gasteiger partial charge is 0.232 e. The molecular weight excluding hydrogens is 240 g/mol. The third-order valence-electron chi connectivity index (χ3n) is 4.06. The largest absolute Gasteiger partial charge is 0.393 e. The highest BCUT2D eigenvalue weighted by atomic mass is 16.5. The van der Waals surface area contributed by atoms with Gasteiger partial charge < -0.3 is 9.63 Å². The third kappa shape index (κ3) is 2.06. The van der Waals surface area contributed by atoms with Crippen LogP contribution in [-0.2, 0) is 5.41 Å². The maximum Gasteiger partial charge on any atom is 0.232 e. The summed E-state index contributed by atoms with van der Waals surface area (Å²) in [6.07, 6.45) is 1.62. The molecule has 1 aliphatic rings. The van der Waals surface area contributed by atoms with E-state index in [0.717, 1.165) is 18.7 Å². The first-order chi connectivity index (χ1) is 9.13. The van der Waals surface area contributed by atoms with Gasteiger partial charge in [-0.3, -0.25) is 0 Å². The number of hydrogen-bond donors (Lipinski definition) is 1. The number of nitrogens with zero attached hydrogens (tertiary/aromatic N) is 2. The Labute approximate surface area is 112 Å². The van der Waals surface area contributed by atoms with Crippen molar-refractivity contribution in [1.29, 1.82) is 0 Å². The van der Waals surface area contributed by atoms with Gasteiger partial charge in [0, 0.05) is 0 Å². The summed E-state index contributed by atoms with van der Waals surface area (Å²) in [7, 11) is 0. The summed E-state index contributed by atoms with van der Waals surface area (Å²) in [5.74, 6) is 1.14. The van der Waals surface area contributed by atoms with Gasteiger partial charge in [0.25, 0.3) is 0 Å². The molecule has 1 aromatic heterocycles. The maximum atomic E-state index is 9.59. The molecule has 1 heterocycles. The molecule has 4 nitrogen and oxygen atoms in total. The number of aliphatic hydroxyl groups is 1. The quantitative estimate of drug-likeness (QED) is 0.915. The van der Waals surface area contributed by atoms with Crippen molar-refractivity contribution in [2.24, 2.45) is 0 Å². The normalized spacial score (nSPS) is 19.9. The zero-order valence-corrected chi connectivity index (χ0v) is 11.2. The average molecular weight is 258 g/mol. The Hall–Kier alpha value is -1.68. The summed E-state index contributed by atoms with van der Waals surface area (Å²) >= 11 is 0. The van der Waals surface area contributed by atoms with Crippen molar-refractivity contribution >= 4 is 0 Å². The number of aliphatic hydroxyl groups excluding tert-OH is 1. The third-order valence-corrected chi connectivity index (χ3v) is 4.06. The second-order valence-corrected chi connectivity index (χ2v) is 5.43. The topological polar surface area (TPSA) is 59.2 Å². The van der Waals surface area contributed by atoms with E-state index >= 15 is 0 Å². The van der Waals surface area contributed by atoms with Gasteiger partial charge in [-0.1, -0.05) is 42.4 Å². The summed E-state index contributed by atoms with van der Waals surface area (Å²) in [5, 5.41) is 13.7. The molecule has 0 amide bonds. The first kappa shape index (κ1) is 12.4. The van der Waals surface area contributed by atoms with E-state index in [-0.39, 0.29) is 11.3 Å². The van der Waals surface area contributed by atoms with Crippen LogP contribution in [0.2, 0.25) is 0 Å². The van der Waals surface area contributed by atoms with Crippen molar-refractivity contribution in [3.8, 4) is 0 Å². The molecular formula is C15H18N2O2. The highest BCUT2D eigenvalue weighted by molar-refractivity contribution is 5.38. The maximum absolute atomic E-state index is 9.59. The van der Waals surface area contributed by atoms with E-state index in [4.69, 9.17) is 4.52 Å². The molecule has 3 rings (SSSR count). The van der Waals surface area contributed by atoms with Crippen molar-refractivity contribution in [1.82, 2.24) is 10.1 Å². The molecule has 4 heteroatoms. The van der Waals surface area contributed by atoms with Gasteiger partial charge in [-0.2, -0.15) is 4.98 Å². The Balaban J connectivity index is 1.91. The second kappa shape index (κ2) is 4.46.